The molecule has 3 heteroatoms. The van der Waals surface area contributed by atoms with Gasteiger partial charge < -0.3 is 5.73 Å². The quantitative estimate of drug-likeness (QED) is 0.716. The van der Waals surface area contributed by atoms with E-state index in [2.05, 4.69) is 4.98 Å². The first-order valence-electron chi connectivity index (χ1n) is 3.88. The van der Waals surface area contributed by atoms with Gasteiger partial charge in [-0.25, -0.2) is 0 Å². The van der Waals surface area contributed by atoms with Gasteiger partial charge in [-0.15, -0.1) is 0 Å². The van der Waals surface area contributed by atoms with Crippen LogP contribution in [0.5, 0.6) is 0 Å². The van der Waals surface area contributed by atoms with E-state index in [0.717, 1.165) is 5.56 Å². The van der Waals surface area contributed by atoms with Gasteiger partial charge >= 0.3 is 0 Å². The van der Waals surface area contributed by atoms with Crippen LogP contribution in [-0.4, -0.2) is 10.9 Å². The minimum Gasteiger partial charge on any atom is -0.369 e. The Morgan fingerprint density at radius 1 is 1.75 bits per heavy atom. The zero-order chi connectivity index (χ0) is 8.97. The van der Waals surface area contributed by atoms with Gasteiger partial charge in [-0.05, 0) is 18.1 Å². The highest BCUT2D eigenvalue weighted by Gasteiger charge is 2.08. The van der Waals surface area contributed by atoms with Crippen molar-refractivity contribution in [1.29, 1.82) is 0 Å². The fourth-order valence-corrected chi connectivity index (χ4v) is 0.973. The maximum Gasteiger partial charge on any atom is 0.220 e. The van der Waals surface area contributed by atoms with Crippen molar-refractivity contribution >= 4 is 5.91 Å². The second-order valence-electron chi connectivity index (χ2n) is 2.87. The molecule has 2 N–H and O–H groups in total. The van der Waals surface area contributed by atoms with Gasteiger partial charge in [0.05, 0.1) is 0 Å². The molecule has 0 bridgehead atoms. The van der Waals surface area contributed by atoms with Gasteiger partial charge in [0.1, 0.15) is 0 Å². The first kappa shape index (κ1) is 8.71. The Morgan fingerprint density at radius 2 is 2.50 bits per heavy atom. The highest BCUT2D eigenvalue weighted by molar-refractivity contribution is 5.76. The van der Waals surface area contributed by atoms with E-state index in [1.807, 2.05) is 19.1 Å². The van der Waals surface area contributed by atoms with Crippen LogP contribution in [0.2, 0.25) is 0 Å². The second kappa shape index (κ2) is 3.85. The summed E-state index contributed by atoms with van der Waals surface area (Å²) in [7, 11) is 0. The number of carbonyl (C=O) groups is 1. The Balaban J connectivity index is 2.58. The molecular formula is C9H12N2O. The first-order chi connectivity index (χ1) is 5.70. The molecule has 1 aromatic rings. The Kier molecular flexibility index (Phi) is 2.80. The Hall–Kier alpha value is -1.38. The molecule has 1 amide bonds. The van der Waals surface area contributed by atoms with Crippen LogP contribution in [0.1, 0.15) is 12.5 Å². The van der Waals surface area contributed by atoms with Crippen LogP contribution in [0.25, 0.3) is 0 Å². The van der Waals surface area contributed by atoms with E-state index in [9.17, 15) is 4.79 Å². The van der Waals surface area contributed by atoms with Crippen molar-refractivity contribution in [3.05, 3.63) is 30.1 Å². The van der Waals surface area contributed by atoms with Gasteiger partial charge in [0.2, 0.25) is 5.91 Å². The minimum absolute atomic E-state index is 0.116. The lowest BCUT2D eigenvalue weighted by Gasteiger charge is -2.05. The molecule has 0 aliphatic carbocycles. The summed E-state index contributed by atoms with van der Waals surface area (Å²) in [5.74, 6) is -0.381. The van der Waals surface area contributed by atoms with Crippen molar-refractivity contribution in [2.75, 3.05) is 0 Å². The lowest BCUT2D eigenvalue weighted by molar-refractivity contribution is -0.121. The Bertz CT molecular complexity index is 258. The van der Waals surface area contributed by atoms with E-state index >= 15 is 0 Å². The minimum atomic E-state index is -0.265. The number of pyridine rings is 1. The monoisotopic (exact) mass is 164 g/mol. The number of amides is 1. The largest absolute Gasteiger partial charge is 0.369 e. The Morgan fingerprint density at radius 3 is 3.00 bits per heavy atom. The topological polar surface area (TPSA) is 56.0 Å². The molecule has 0 unspecified atom stereocenters. The van der Waals surface area contributed by atoms with Crippen LogP contribution in [0, 0.1) is 5.92 Å². The number of hydrogen-bond acceptors (Lipinski definition) is 2. The number of hydrogen-bond donors (Lipinski definition) is 1. The molecule has 1 rings (SSSR count). The summed E-state index contributed by atoms with van der Waals surface area (Å²) in [5, 5.41) is 0. The molecule has 0 aromatic carbocycles. The predicted molar refractivity (Wildman–Crippen MR) is 46.3 cm³/mol. The van der Waals surface area contributed by atoms with Crippen LogP contribution in [0.3, 0.4) is 0 Å². The third-order valence-electron chi connectivity index (χ3n) is 1.75. The lowest BCUT2D eigenvalue weighted by Crippen LogP contribution is -2.22. The van der Waals surface area contributed by atoms with Crippen molar-refractivity contribution in [3.8, 4) is 0 Å². The van der Waals surface area contributed by atoms with Crippen molar-refractivity contribution in [2.24, 2.45) is 11.7 Å². The van der Waals surface area contributed by atoms with Gasteiger partial charge in [-0.1, -0.05) is 13.0 Å². The summed E-state index contributed by atoms with van der Waals surface area (Å²) in [6, 6.07) is 3.79. The molecule has 0 saturated heterocycles. The smallest absolute Gasteiger partial charge is 0.220 e. The van der Waals surface area contributed by atoms with Gasteiger partial charge in [-0.3, -0.25) is 9.78 Å². The van der Waals surface area contributed by atoms with E-state index in [0.29, 0.717) is 6.42 Å². The van der Waals surface area contributed by atoms with Crippen LogP contribution in [-0.2, 0) is 11.2 Å². The summed E-state index contributed by atoms with van der Waals surface area (Å²) in [4.78, 5) is 14.7. The lowest BCUT2D eigenvalue weighted by atomic mass is 10.0. The number of nitrogens with zero attached hydrogens (tertiary/aromatic N) is 1. The molecule has 1 heterocycles. The van der Waals surface area contributed by atoms with Crippen LogP contribution >= 0.6 is 0 Å². The Labute approximate surface area is 71.6 Å². The first-order valence-corrected chi connectivity index (χ1v) is 3.88. The van der Waals surface area contributed by atoms with E-state index in [1.165, 1.54) is 0 Å². The molecule has 1 atom stereocenters. The molecule has 3 nitrogen and oxygen atoms in total. The van der Waals surface area contributed by atoms with E-state index in [1.54, 1.807) is 12.4 Å². The number of primary amides is 1. The van der Waals surface area contributed by atoms with Crippen LogP contribution < -0.4 is 5.73 Å². The van der Waals surface area contributed by atoms with Gasteiger partial charge in [0, 0.05) is 18.3 Å². The third-order valence-corrected chi connectivity index (χ3v) is 1.75. The average molecular weight is 164 g/mol. The summed E-state index contributed by atoms with van der Waals surface area (Å²) in [5.41, 5.74) is 6.17. The average Bonchev–Trinajstić information content (AvgIpc) is 2.06. The molecule has 0 aliphatic heterocycles. The van der Waals surface area contributed by atoms with Crippen molar-refractivity contribution in [1.82, 2.24) is 4.98 Å². The molecule has 1 aromatic heterocycles. The van der Waals surface area contributed by atoms with Gasteiger partial charge in [-0.2, -0.15) is 0 Å². The maximum atomic E-state index is 10.7. The summed E-state index contributed by atoms with van der Waals surface area (Å²) < 4.78 is 0. The normalized spacial score (nSPS) is 12.4. The highest BCUT2D eigenvalue weighted by atomic mass is 16.1. The number of aromatic nitrogens is 1. The summed E-state index contributed by atoms with van der Waals surface area (Å²) >= 11 is 0. The van der Waals surface area contributed by atoms with Gasteiger partial charge in [0.15, 0.2) is 0 Å². The molecular weight excluding hydrogens is 152 g/mol. The third kappa shape index (κ3) is 2.34. The second-order valence-corrected chi connectivity index (χ2v) is 2.87. The molecule has 0 radical (unpaired) electrons. The molecule has 0 saturated carbocycles. The summed E-state index contributed by atoms with van der Waals surface area (Å²) in [6.45, 7) is 1.81. The standard InChI is InChI=1S/C9H12N2O/c1-7(9(10)12)5-8-3-2-4-11-6-8/h2-4,6-7H,5H2,1H3,(H2,10,12)/t7-/m1/s1. The highest BCUT2D eigenvalue weighted by Crippen LogP contribution is 2.05. The van der Waals surface area contributed by atoms with Crippen molar-refractivity contribution in [2.45, 2.75) is 13.3 Å². The number of carbonyl (C=O) groups excluding carboxylic acids is 1. The number of rotatable bonds is 3. The van der Waals surface area contributed by atoms with Crippen LogP contribution in [0.15, 0.2) is 24.5 Å². The van der Waals surface area contributed by atoms with Crippen LogP contribution in [0.4, 0.5) is 0 Å². The SMILES string of the molecule is C[C@H](Cc1cccnc1)C(N)=O. The molecule has 12 heavy (non-hydrogen) atoms. The fourth-order valence-electron chi connectivity index (χ4n) is 0.973. The molecule has 0 fully saturated rings. The molecule has 64 valence electrons. The van der Waals surface area contributed by atoms with Crippen molar-refractivity contribution in [3.63, 3.8) is 0 Å². The summed E-state index contributed by atoms with van der Waals surface area (Å²) in [6.07, 6.45) is 4.13. The zero-order valence-electron chi connectivity index (χ0n) is 7.03. The fraction of sp³-hybridized carbons (Fsp3) is 0.333. The zero-order valence-corrected chi connectivity index (χ0v) is 7.03. The maximum absolute atomic E-state index is 10.7. The van der Waals surface area contributed by atoms with E-state index in [4.69, 9.17) is 5.73 Å². The molecule has 0 aliphatic rings. The van der Waals surface area contributed by atoms with E-state index in [-0.39, 0.29) is 11.8 Å². The van der Waals surface area contributed by atoms with E-state index < -0.39 is 0 Å². The predicted octanol–water partition coefficient (Wildman–Crippen LogP) is 0.745. The van der Waals surface area contributed by atoms with Gasteiger partial charge in [0.25, 0.3) is 0 Å². The molecule has 0 spiro atoms. The van der Waals surface area contributed by atoms with Crippen molar-refractivity contribution < 1.29 is 4.79 Å². The number of nitrogens with two attached hydrogens (primary N) is 1.